The van der Waals surface area contributed by atoms with Gasteiger partial charge in [0, 0.05) is 54.7 Å². The van der Waals surface area contributed by atoms with E-state index in [0.29, 0.717) is 24.4 Å². The fourth-order valence-electron chi connectivity index (χ4n) is 3.89. The van der Waals surface area contributed by atoms with E-state index in [-0.39, 0.29) is 24.4 Å². The molecule has 0 spiro atoms. The summed E-state index contributed by atoms with van der Waals surface area (Å²) in [5, 5.41) is 5.41. The Kier molecular flexibility index (Phi) is 7.19. The highest BCUT2D eigenvalue weighted by Gasteiger charge is 2.26. The molecular formula is C23H27FN4O3S. The summed E-state index contributed by atoms with van der Waals surface area (Å²) in [6, 6.07) is 10.5. The van der Waals surface area contributed by atoms with Gasteiger partial charge in [-0.3, -0.25) is 9.80 Å². The van der Waals surface area contributed by atoms with Gasteiger partial charge in [-0.05, 0) is 36.8 Å². The van der Waals surface area contributed by atoms with Crippen LogP contribution in [-0.4, -0.2) is 67.7 Å². The molecule has 9 heteroatoms. The van der Waals surface area contributed by atoms with Crippen LogP contribution in [0.5, 0.6) is 0 Å². The molecule has 2 aromatic rings. The van der Waals surface area contributed by atoms with E-state index >= 15 is 0 Å². The molecule has 1 saturated heterocycles. The molecule has 2 aliphatic heterocycles. The van der Waals surface area contributed by atoms with Crippen molar-refractivity contribution in [3.05, 3.63) is 58.4 Å². The maximum atomic E-state index is 13.5. The average Bonchev–Trinajstić information content (AvgIpc) is 3.24. The summed E-state index contributed by atoms with van der Waals surface area (Å²) in [6.07, 6.45) is 0. The SMILES string of the molecule is CCOC(=O)C1=C(CN2CCN(Cc3ccc(-c4cccc(F)c4)s3)CC2)NC(=O)NC1. The normalized spacial score (nSPS) is 17.8. The summed E-state index contributed by atoms with van der Waals surface area (Å²) in [6.45, 7) is 7.07. The minimum atomic E-state index is -0.388. The Morgan fingerprint density at radius 3 is 2.59 bits per heavy atom. The maximum Gasteiger partial charge on any atom is 0.337 e. The summed E-state index contributed by atoms with van der Waals surface area (Å²) in [7, 11) is 0. The molecule has 0 aliphatic carbocycles. The number of amides is 2. The van der Waals surface area contributed by atoms with Crippen LogP contribution in [0, 0.1) is 5.82 Å². The molecule has 4 rings (SSSR count). The number of halogens is 1. The van der Waals surface area contributed by atoms with Crippen molar-refractivity contribution in [2.75, 3.05) is 45.9 Å². The minimum absolute atomic E-state index is 0.186. The second kappa shape index (κ2) is 10.2. The lowest BCUT2D eigenvalue weighted by Crippen LogP contribution is -2.50. The average molecular weight is 459 g/mol. The number of carbonyl (C=O) groups excluding carboxylic acids is 2. The Hall–Kier alpha value is -2.75. The third kappa shape index (κ3) is 5.53. The summed E-state index contributed by atoms with van der Waals surface area (Å²) in [5.41, 5.74) is 2.01. The van der Waals surface area contributed by atoms with Gasteiger partial charge in [0.1, 0.15) is 5.82 Å². The van der Waals surface area contributed by atoms with Gasteiger partial charge in [0.2, 0.25) is 0 Å². The number of hydrogen-bond acceptors (Lipinski definition) is 6. The fourth-order valence-corrected chi connectivity index (χ4v) is 4.94. The lowest BCUT2D eigenvalue weighted by atomic mass is 10.1. The van der Waals surface area contributed by atoms with Crippen LogP contribution in [0.15, 0.2) is 47.7 Å². The second-order valence-corrected chi connectivity index (χ2v) is 8.98. The molecular weight excluding hydrogens is 431 g/mol. The Balaban J connectivity index is 1.32. The van der Waals surface area contributed by atoms with E-state index in [1.54, 1.807) is 30.4 Å². The molecule has 0 unspecified atom stereocenters. The van der Waals surface area contributed by atoms with Crippen molar-refractivity contribution in [2.24, 2.45) is 0 Å². The zero-order valence-corrected chi connectivity index (χ0v) is 18.8. The topological polar surface area (TPSA) is 73.9 Å². The molecule has 0 atom stereocenters. The largest absolute Gasteiger partial charge is 0.463 e. The lowest BCUT2D eigenvalue weighted by Gasteiger charge is -2.35. The van der Waals surface area contributed by atoms with Crippen LogP contribution in [0.2, 0.25) is 0 Å². The highest BCUT2D eigenvalue weighted by atomic mass is 32.1. The molecule has 1 aromatic carbocycles. The molecule has 170 valence electrons. The number of ether oxygens (including phenoxy) is 1. The van der Waals surface area contributed by atoms with Gasteiger partial charge in [-0.1, -0.05) is 12.1 Å². The number of benzene rings is 1. The van der Waals surface area contributed by atoms with Gasteiger partial charge >= 0.3 is 12.0 Å². The monoisotopic (exact) mass is 458 g/mol. The molecule has 2 amide bonds. The van der Waals surface area contributed by atoms with Gasteiger partial charge in [0.25, 0.3) is 0 Å². The summed E-state index contributed by atoms with van der Waals surface area (Å²) in [4.78, 5) is 30.9. The number of nitrogens with zero attached hydrogens (tertiary/aromatic N) is 2. The van der Waals surface area contributed by atoms with Gasteiger partial charge in [-0.25, -0.2) is 14.0 Å². The van der Waals surface area contributed by atoms with Gasteiger partial charge < -0.3 is 15.4 Å². The highest BCUT2D eigenvalue weighted by molar-refractivity contribution is 7.15. The van der Waals surface area contributed by atoms with Crippen molar-refractivity contribution in [3.8, 4) is 10.4 Å². The van der Waals surface area contributed by atoms with Crippen molar-refractivity contribution in [1.29, 1.82) is 0 Å². The number of urea groups is 1. The first-order chi connectivity index (χ1) is 15.5. The van der Waals surface area contributed by atoms with Crippen LogP contribution in [-0.2, 0) is 16.1 Å². The molecule has 0 bridgehead atoms. The Labute approximate surface area is 190 Å². The van der Waals surface area contributed by atoms with E-state index < -0.39 is 0 Å². The Morgan fingerprint density at radius 1 is 1.12 bits per heavy atom. The maximum absolute atomic E-state index is 13.5. The number of piperazine rings is 1. The van der Waals surface area contributed by atoms with Crippen LogP contribution in [0.25, 0.3) is 10.4 Å². The molecule has 1 fully saturated rings. The van der Waals surface area contributed by atoms with Crippen molar-refractivity contribution in [1.82, 2.24) is 20.4 Å². The van der Waals surface area contributed by atoms with E-state index in [4.69, 9.17) is 4.74 Å². The number of nitrogens with one attached hydrogen (secondary N) is 2. The lowest BCUT2D eigenvalue weighted by molar-refractivity contribution is -0.138. The number of carbonyl (C=O) groups is 2. The van der Waals surface area contributed by atoms with Crippen molar-refractivity contribution in [2.45, 2.75) is 13.5 Å². The zero-order valence-electron chi connectivity index (χ0n) is 18.0. The van der Waals surface area contributed by atoms with Gasteiger partial charge in [0.15, 0.2) is 0 Å². The summed E-state index contributed by atoms with van der Waals surface area (Å²) >= 11 is 1.69. The van der Waals surface area contributed by atoms with Gasteiger partial charge in [0.05, 0.1) is 18.7 Å². The molecule has 3 heterocycles. The molecule has 1 aromatic heterocycles. The highest BCUT2D eigenvalue weighted by Crippen LogP contribution is 2.29. The van der Waals surface area contributed by atoms with Crippen LogP contribution in [0.3, 0.4) is 0 Å². The molecule has 0 saturated carbocycles. The van der Waals surface area contributed by atoms with E-state index in [9.17, 15) is 14.0 Å². The Bertz CT molecular complexity index is 1010. The van der Waals surface area contributed by atoms with E-state index in [2.05, 4.69) is 26.5 Å². The fraction of sp³-hybridized carbons (Fsp3) is 0.391. The van der Waals surface area contributed by atoms with Crippen molar-refractivity contribution < 1.29 is 18.7 Å². The molecule has 2 N–H and O–H groups in total. The number of esters is 1. The molecule has 0 radical (unpaired) electrons. The predicted octanol–water partition coefficient (Wildman–Crippen LogP) is 2.80. The van der Waals surface area contributed by atoms with Crippen LogP contribution >= 0.6 is 11.3 Å². The first-order valence-electron chi connectivity index (χ1n) is 10.7. The third-order valence-corrected chi connectivity index (χ3v) is 6.69. The quantitative estimate of drug-likeness (QED) is 0.625. The van der Waals surface area contributed by atoms with E-state index in [1.165, 1.54) is 10.9 Å². The second-order valence-electron chi connectivity index (χ2n) is 7.81. The van der Waals surface area contributed by atoms with Crippen molar-refractivity contribution in [3.63, 3.8) is 0 Å². The zero-order chi connectivity index (χ0) is 22.5. The van der Waals surface area contributed by atoms with Crippen molar-refractivity contribution >= 4 is 23.3 Å². The minimum Gasteiger partial charge on any atom is -0.463 e. The van der Waals surface area contributed by atoms with E-state index in [0.717, 1.165) is 43.2 Å². The van der Waals surface area contributed by atoms with Gasteiger partial charge in [-0.15, -0.1) is 11.3 Å². The number of hydrogen-bond donors (Lipinski definition) is 2. The van der Waals surface area contributed by atoms with Crippen LogP contribution in [0.1, 0.15) is 11.8 Å². The summed E-state index contributed by atoms with van der Waals surface area (Å²) < 4.78 is 18.6. The predicted molar refractivity (Wildman–Crippen MR) is 122 cm³/mol. The molecule has 32 heavy (non-hydrogen) atoms. The number of thiophene rings is 1. The standard InChI is InChI=1S/C23H27FN4O3S/c1-2-31-22(29)19-13-25-23(30)26-20(19)15-28-10-8-27(9-11-28)14-18-6-7-21(32-18)16-4-3-5-17(24)12-16/h3-7,12H,2,8-11,13-15H2,1H3,(H2,25,26,30). The molecule has 2 aliphatic rings. The Morgan fingerprint density at radius 2 is 1.88 bits per heavy atom. The summed E-state index contributed by atoms with van der Waals surface area (Å²) in [5.74, 6) is -0.611. The first-order valence-corrected chi connectivity index (χ1v) is 11.6. The molecule has 7 nitrogen and oxygen atoms in total. The van der Waals surface area contributed by atoms with E-state index in [1.807, 2.05) is 12.1 Å². The van der Waals surface area contributed by atoms with Crippen LogP contribution in [0.4, 0.5) is 9.18 Å². The van der Waals surface area contributed by atoms with Crippen LogP contribution < -0.4 is 10.6 Å². The van der Waals surface area contributed by atoms with Gasteiger partial charge in [-0.2, -0.15) is 0 Å². The first kappa shape index (κ1) is 22.4. The third-order valence-electron chi connectivity index (χ3n) is 5.57. The smallest absolute Gasteiger partial charge is 0.337 e. The number of rotatable bonds is 7.